The SMILES string of the molecule is NC(=O)[C@H](Cc1ccc([N+](=O)[O-])cc1)NC(=O)O. The van der Waals surface area contributed by atoms with Gasteiger partial charge in [0.25, 0.3) is 5.69 Å². The minimum atomic E-state index is -1.36. The van der Waals surface area contributed by atoms with Gasteiger partial charge in [-0.1, -0.05) is 12.1 Å². The number of nitrogens with zero attached hydrogens (tertiary/aromatic N) is 1. The first-order chi connectivity index (χ1) is 8.40. The van der Waals surface area contributed by atoms with Gasteiger partial charge in [-0.15, -0.1) is 0 Å². The second-order valence-corrected chi connectivity index (χ2v) is 3.53. The molecule has 1 rings (SSSR count). The maximum Gasteiger partial charge on any atom is 0.405 e. The van der Waals surface area contributed by atoms with E-state index >= 15 is 0 Å². The third-order valence-electron chi connectivity index (χ3n) is 2.23. The fraction of sp³-hybridized carbons (Fsp3) is 0.200. The van der Waals surface area contributed by atoms with Crippen molar-refractivity contribution in [3.05, 3.63) is 39.9 Å². The van der Waals surface area contributed by atoms with Crippen molar-refractivity contribution < 1.29 is 19.6 Å². The molecule has 0 radical (unpaired) electrons. The molecule has 0 aliphatic heterocycles. The number of carbonyl (C=O) groups excluding carboxylic acids is 1. The van der Waals surface area contributed by atoms with Gasteiger partial charge in [-0.05, 0) is 5.56 Å². The van der Waals surface area contributed by atoms with E-state index in [1.165, 1.54) is 24.3 Å². The van der Waals surface area contributed by atoms with Gasteiger partial charge in [-0.2, -0.15) is 0 Å². The Balaban J connectivity index is 2.78. The summed E-state index contributed by atoms with van der Waals surface area (Å²) >= 11 is 0. The summed E-state index contributed by atoms with van der Waals surface area (Å²) in [5.74, 6) is -0.809. The fourth-order valence-electron chi connectivity index (χ4n) is 1.36. The average molecular weight is 253 g/mol. The zero-order valence-electron chi connectivity index (χ0n) is 9.20. The molecule has 0 aromatic heterocycles. The number of nitrogens with two attached hydrogens (primary N) is 1. The summed E-state index contributed by atoms with van der Waals surface area (Å²) in [4.78, 5) is 31.3. The van der Waals surface area contributed by atoms with Gasteiger partial charge in [0.15, 0.2) is 0 Å². The summed E-state index contributed by atoms with van der Waals surface area (Å²) in [5.41, 5.74) is 5.52. The largest absolute Gasteiger partial charge is 0.465 e. The molecule has 96 valence electrons. The normalized spacial score (nSPS) is 11.6. The highest BCUT2D eigenvalue weighted by Crippen LogP contribution is 2.13. The number of nitrogens with one attached hydrogen (secondary N) is 1. The number of nitro groups is 1. The minimum absolute atomic E-state index is 0.0413. The molecule has 0 saturated heterocycles. The molecule has 1 aromatic carbocycles. The van der Waals surface area contributed by atoms with Gasteiger partial charge in [-0.25, -0.2) is 4.79 Å². The maximum absolute atomic E-state index is 11.0. The van der Waals surface area contributed by atoms with Gasteiger partial charge in [0, 0.05) is 18.6 Å². The van der Waals surface area contributed by atoms with Gasteiger partial charge in [-0.3, -0.25) is 14.9 Å². The first kappa shape index (κ1) is 13.4. The highest BCUT2D eigenvalue weighted by Gasteiger charge is 2.18. The third-order valence-corrected chi connectivity index (χ3v) is 2.23. The third kappa shape index (κ3) is 3.74. The number of hydrogen-bond acceptors (Lipinski definition) is 4. The van der Waals surface area contributed by atoms with Crippen LogP contribution in [-0.2, 0) is 11.2 Å². The minimum Gasteiger partial charge on any atom is -0.465 e. The molecule has 0 unspecified atom stereocenters. The van der Waals surface area contributed by atoms with Crippen LogP contribution in [0.5, 0.6) is 0 Å². The number of rotatable bonds is 5. The van der Waals surface area contributed by atoms with Gasteiger partial charge in [0.05, 0.1) is 4.92 Å². The van der Waals surface area contributed by atoms with Crippen molar-refractivity contribution in [1.82, 2.24) is 5.32 Å². The van der Waals surface area contributed by atoms with Crippen LogP contribution in [0, 0.1) is 10.1 Å². The fourth-order valence-corrected chi connectivity index (χ4v) is 1.36. The van der Waals surface area contributed by atoms with Crippen LogP contribution < -0.4 is 11.1 Å². The molecule has 0 aliphatic rings. The Morgan fingerprint density at radius 1 is 1.39 bits per heavy atom. The first-order valence-electron chi connectivity index (χ1n) is 4.92. The Hall–Kier alpha value is -2.64. The van der Waals surface area contributed by atoms with Crippen molar-refractivity contribution in [3.63, 3.8) is 0 Å². The van der Waals surface area contributed by atoms with E-state index in [1.54, 1.807) is 0 Å². The summed E-state index contributed by atoms with van der Waals surface area (Å²) in [6.07, 6.45) is -1.32. The van der Waals surface area contributed by atoms with Gasteiger partial charge < -0.3 is 16.2 Å². The molecule has 4 N–H and O–H groups in total. The number of hydrogen-bond donors (Lipinski definition) is 3. The number of carboxylic acid groups (broad SMARTS) is 1. The van der Waals surface area contributed by atoms with Crippen LogP contribution in [0.15, 0.2) is 24.3 Å². The molecular weight excluding hydrogens is 242 g/mol. The van der Waals surface area contributed by atoms with E-state index in [2.05, 4.69) is 0 Å². The van der Waals surface area contributed by atoms with Crippen molar-refractivity contribution in [1.29, 1.82) is 0 Å². The standard InChI is InChI=1S/C10H11N3O5/c11-9(14)8(12-10(15)16)5-6-1-3-7(4-2-6)13(17)18/h1-4,8,12H,5H2,(H2,11,14)(H,15,16)/t8-/m0/s1. The van der Waals surface area contributed by atoms with E-state index in [4.69, 9.17) is 10.8 Å². The van der Waals surface area contributed by atoms with Crippen LogP contribution in [0.2, 0.25) is 0 Å². The van der Waals surface area contributed by atoms with E-state index in [0.717, 1.165) is 0 Å². The number of primary amides is 1. The molecule has 1 aromatic rings. The molecule has 0 aliphatic carbocycles. The Morgan fingerprint density at radius 3 is 2.33 bits per heavy atom. The zero-order chi connectivity index (χ0) is 13.7. The number of benzene rings is 1. The van der Waals surface area contributed by atoms with Crippen molar-refractivity contribution in [2.45, 2.75) is 12.5 Å². The van der Waals surface area contributed by atoms with Gasteiger partial charge in [0.1, 0.15) is 6.04 Å². The Kier molecular flexibility index (Phi) is 4.19. The van der Waals surface area contributed by atoms with Crippen molar-refractivity contribution in [3.8, 4) is 0 Å². The van der Waals surface area contributed by atoms with E-state index < -0.39 is 23.0 Å². The smallest absolute Gasteiger partial charge is 0.405 e. The molecule has 0 bridgehead atoms. The lowest BCUT2D eigenvalue weighted by molar-refractivity contribution is -0.384. The van der Waals surface area contributed by atoms with Crippen molar-refractivity contribution >= 4 is 17.7 Å². The highest BCUT2D eigenvalue weighted by molar-refractivity contribution is 5.84. The number of amides is 2. The molecule has 18 heavy (non-hydrogen) atoms. The zero-order valence-corrected chi connectivity index (χ0v) is 9.20. The lowest BCUT2D eigenvalue weighted by Gasteiger charge is -2.12. The second kappa shape index (κ2) is 5.62. The quantitative estimate of drug-likeness (QED) is 0.510. The molecular formula is C10H11N3O5. The van der Waals surface area contributed by atoms with Crippen LogP contribution >= 0.6 is 0 Å². The van der Waals surface area contributed by atoms with E-state index in [0.29, 0.717) is 5.56 Å². The molecule has 0 saturated carbocycles. The average Bonchev–Trinajstić information content (AvgIpc) is 2.28. The molecule has 1 atom stereocenters. The summed E-state index contributed by atoms with van der Waals surface area (Å²) in [5, 5.41) is 20.9. The summed E-state index contributed by atoms with van der Waals surface area (Å²) in [7, 11) is 0. The molecule has 8 nitrogen and oxygen atoms in total. The molecule has 0 heterocycles. The summed E-state index contributed by atoms with van der Waals surface area (Å²) < 4.78 is 0. The van der Waals surface area contributed by atoms with Crippen LogP contribution in [0.1, 0.15) is 5.56 Å². The van der Waals surface area contributed by atoms with E-state index in [9.17, 15) is 19.7 Å². The number of nitro benzene ring substituents is 1. The lowest BCUT2D eigenvalue weighted by atomic mass is 10.1. The monoisotopic (exact) mass is 253 g/mol. The summed E-state index contributed by atoms with van der Waals surface area (Å²) in [6, 6.07) is 4.36. The first-order valence-corrected chi connectivity index (χ1v) is 4.92. The second-order valence-electron chi connectivity index (χ2n) is 3.53. The Labute approximate surface area is 102 Å². The molecule has 0 spiro atoms. The molecule has 0 fully saturated rings. The van der Waals surface area contributed by atoms with Crippen LogP contribution in [0.25, 0.3) is 0 Å². The van der Waals surface area contributed by atoms with E-state index in [-0.39, 0.29) is 12.1 Å². The predicted molar refractivity (Wildman–Crippen MR) is 60.9 cm³/mol. The van der Waals surface area contributed by atoms with Crippen LogP contribution in [0.3, 0.4) is 0 Å². The molecule has 2 amide bonds. The Morgan fingerprint density at radius 2 is 1.94 bits per heavy atom. The van der Waals surface area contributed by atoms with Crippen LogP contribution in [0.4, 0.5) is 10.5 Å². The van der Waals surface area contributed by atoms with Gasteiger partial charge >= 0.3 is 6.09 Å². The highest BCUT2D eigenvalue weighted by atomic mass is 16.6. The number of non-ortho nitro benzene ring substituents is 1. The summed E-state index contributed by atoms with van der Waals surface area (Å²) in [6.45, 7) is 0. The van der Waals surface area contributed by atoms with Crippen LogP contribution in [-0.4, -0.2) is 28.1 Å². The van der Waals surface area contributed by atoms with Crippen molar-refractivity contribution in [2.24, 2.45) is 5.73 Å². The van der Waals surface area contributed by atoms with Crippen molar-refractivity contribution in [2.75, 3.05) is 0 Å². The predicted octanol–water partition coefficient (Wildman–Crippen LogP) is 0.259. The lowest BCUT2D eigenvalue weighted by Crippen LogP contribution is -2.45. The van der Waals surface area contributed by atoms with E-state index in [1.807, 2.05) is 5.32 Å². The molecule has 8 heteroatoms. The van der Waals surface area contributed by atoms with Gasteiger partial charge in [0.2, 0.25) is 5.91 Å². The topological polar surface area (TPSA) is 136 Å². The Bertz CT molecular complexity index is 471. The maximum atomic E-state index is 11.0. The number of carbonyl (C=O) groups is 2.